The minimum Gasteiger partial charge on any atom is -0.379 e. The number of ether oxygens (including phenoxy) is 1. The number of nitrogens with one attached hydrogen (secondary N) is 1. The van der Waals surface area contributed by atoms with Gasteiger partial charge in [0, 0.05) is 52.4 Å². The fourth-order valence-corrected chi connectivity index (χ4v) is 3.50. The molecule has 1 N–H and O–H groups in total. The van der Waals surface area contributed by atoms with Gasteiger partial charge in [-0.25, -0.2) is 0 Å². The molecule has 0 spiro atoms. The quantitative estimate of drug-likeness (QED) is 0.568. The number of rotatable bonds is 6. The van der Waals surface area contributed by atoms with Crippen LogP contribution in [0.1, 0.15) is 12.0 Å². The van der Waals surface area contributed by atoms with Crippen molar-refractivity contribution in [3.63, 3.8) is 0 Å². The molecular weight excluding hydrogens is 344 g/mol. The van der Waals surface area contributed by atoms with Crippen molar-refractivity contribution in [1.29, 1.82) is 0 Å². The fraction of sp³-hybridized carbons (Fsp3) is 0.600. The number of carbonyl (C=O) groups is 2. The van der Waals surface area contributed by atoms with E-state index in [0.29, 0.717) is 19.6 Å². The third-order valence-electron chi connectivity index (χ3n) is 5.14. The summed E-state index contributed by atoms with van der Waals surface area (Å²) in [4.78, 5) is 30.8. The Labute approximate surface area is 161 Å². The highest BCUT2D eigenvalue weighted by Gasteiger charge is 2.25. The maximum absolute atomic E-state index is 12.3. The van der Waals surface area contributed by atoms with Crippen molar-refractivity contribution < 1.29 is 14.3 Å². The Morgan fingerprint density at radius 1 is 0.926 bits per heavy atom. The van der Waals surface area contributed by atoms with E-state index in [-0.39, 0.29) is 0 Å². The molecular formula is C20H30N4O3. The summed E-state index contributed by atoms with van der Waals surface area (Å²) in [6.07, 6.45) is 0.851. The average Bonchev–Trinajstić information content (AvgIpc) is 2.72. The largest absolute Gasteiger partial charge is 0.379 e. The van der Waals surface area contributed by atoms with Crippen LogP contribution in [0.4, 0.5) is 0 Å². The van der Waals surface area contributed by atoms with E-state index in [9.17, 15) is 9.59 Å². The molecule has 2 saturated heterocycles. The monoisotopic (exact) mass is 374 g/mol. The summed E-state index contributed by atoms with van der Waals surface area (Å²) in [7, 11) is 0. The molecule has 7 heteroatoms. The number of nitrogens with zero attached hydrogens (tertiary/aromatic N) is 3. The first-order valence-electron chi connectivity index (χ1n) is 9.86. The lowest BCUT2D eigenvalue weighted by Gasteiger charge is -2.34. The molecule has 0 atom stereocenters. The smallest absolute Gasteiger partial charge is 0.311 e. The molecule has 148 valence electrons. The van der Waals surface area contributed by atoms with Gasteiger partial charge in [0.1, 0.15) is 0 Å². The van der Waals surface area contributed by atoms with Gasteiger partial charge in [-0.1, -0.05) is 30.3 Å². The van der Waals surface area contributed by atoms with Crippen LogP contribution in [-0.4, -0.2) is 92.1 Å². The third kappa shape index (κ3) is 6.30. The van der Waals surface area contributed by atoms with Gasteiger partial charge in [-0.05, 0) is 18.5 Å². The van der Waals surface area contributed by atoms with E-state index in [4.69, 9.17) is 4.74 Å². The number of piperazine rings is 1. The van der Waals surface area contributed by atoms with Crippen molar-refractivity contribution >= 4 is 11.8 Å². The van der Waals surface area contributed by atoms with Crippen LogP contribution in [0.5, 0.6) is 0 Å². The van der Waals surface area contributed by atoms with Crippen LogP contribution in [-0.2, 0) is 20.9 Å². The van der Waals surface area contributed by atoms with E-state index in [1.165, 1.54) is 5.56 Å². The molecule has 7 nitrogen and oxygen atoms in total. The van der Waals surface area contributed by atoms with Crippen molar-refractivity contribution in [3.05, 3.63) is 35.9 Å². The molecule has 27 heavy (non-hydrogen) atoms. The molecule has 3 rings (SSSR count). The molecule has 0 saturated carbocycles. The summed E-state index contributed by atoms with van der Waals surface area (Å²) in [6.45, 7) is 8.60. The topological polar surface area (TPSA) is 65.1 Å². The molecule has 2 aliphatic heterocycles. The van der Waals surface area contributed by atoms with Crippen LogP contribution in [0.25, 0.3) is 0 Å². The SMILES string of the molecule is O=C(NCCCN1CCOCC1)C(=O)N1CCN(Cc2ccccc2)CC1. The Hall–Kier alpha value is -1.96. The van der Waals surface area contributed by atoms with Gasteiger partial charge in [-0.2, -0.15) is 0 Å². The standard InChI is InChI=1S/C20H30N4O3/c25-19(21-7-4-8-22-13-15-27-16-14-22)20(26)24-11-9-23(10-12-24)17-18-5-2-1-3-6-18/h1-3,5-6H,4,7-17H2,(H,21,25). The molecule has 1 aromatic rings. The molecule has 2 amide bonds. The maximum Gasteiger partial charge on any atom is 0.311 e. The van der Waals surface area contributed by atoms with Crippen molar-refractivity contribution in [1.82, 2.24) is 20.0 Å². The second-order valence-electron chi connectivity index (χ2n) is 7.12. The van der Waals surface area contributed by atoms with Gasteiger partial charge in [0.05, 0.1) is 13.2 Å². The summed E-state index contributed by atoms with van der Waals surface area (Å²) in [5, 5.41) is 2.77. The lowest BCUT2D eigenvalue weighted by Crippen LogP contribution is -2.52. The van der Waals surface area contributed by atoms with Gasteiger partial charge in [-0.3, -0.25) is 19.4 Å². The molecule has 0 unspecified atom stereocenters. The zero-order chi connectivity index (χ0) is 18.9. The number of benzene rings is 1. The van der Waals surface area contributed by atoms with E-state index >= 15 is 0 Å². The number of carbonyl (C=O) groups excluding carboxylic acids is 2. The summed E-state index contributed by atoms with van der Waals surface area (Å²) >= 11 is 0. The van der Waals surface area contributed by atoms with Crippen LogP contribution in [0, 0.1) is 0 Å². The highest BCUT2D eigenvalue weighted by molar-refractivity contribution is 6.35. The number of morpholine rings is 1. The summed E-state index contributed by atoms with van der Waals surface area (Å²) in [6, 6.07) is 10.3. The van der Waals surface area contributed by atoms with E-state index in [2.05, 4.69) is 27.2 Å². The first kappa shape index (κ1) is 19.8. The van der Waals surface area contributed by atoms with Crippen molar-refractivity contribution in [2.24, 2.45) is 0 Å². The lowest BCUT2D eigenvalue weighted by molar-refractivity contribution is -0.147. The Morgan fingerprint density at radius 3 is 2.33 bits per heavy atom. The highest BCUT2D eigenvalue weighted by Crippen LogP contribution is 2.08. The van der Waals surface area contributed by atoms with E-state index in [1.807, 2.05) is 18.2 Å². The summed E-state index contributed by atoms with van der Waals surface area (Å²) < 4.78 is 5.32. The van der Waals surface area contributed by atoms with Gasteiger partial charge in [0.15, 0.2) is 0 Å². The van der Waals surface area contributed by atoms with E-state index in [1.54, 1.807) is 4.90 Å². The molecule has 0 bridgehead atoms. The first-order valence-corrected chi connectivity index (χ1v) is 9.86. The molecule has 0 aliphatic carbocycles. The van der Waals surface area contributed by atoms with Crippen LogP contribution in [0.2, 0.25) is 0 Å². The normalized spacial score (nSPS) is 19.0. The fourth-order valence-electron chi connectivity index (χ4n) is 3.50. The van der Waals surface area contributed by atoms with Gasteiger partial charge in [-0.15, -0.1) is 0 Å². The Bertz CT molecular complexity index is 597. The molecule has 1 aromatic carbocycles. The van der Waals surface area contributed by atoms with Crippen molar-refractivity contribution in [3.8, 4) is 0 Å². The number of hydrogen-bond donors (Lipinski definition) is 1. The van der Waals surface area contributed by atoms with E-state index in [0.717, 1.165) is 58.9 Å². The van der Waals surface area contributed by atoms with Crippen LogP contribution < -0.4 is 5.32 Å². The van der Waals surface area contributed by atoms with Gasteiger partial charge >= 0.3 is 11.8 Å². The van der Waals surface area contributed by atoms with Gasteiger partial charge in [0.2, 0.25) is 0 Å². The lowest BCUT2D eigenvalue weighted by atomic mass is 10.2. The Kier molecular flexibility index (Phi) is 7.62. The maximum atomic E-state index is 12.3. The van der Waals surface area contributed by atoms with Crippen LogP contribution in [0.3, 0.4) is 0 Å². The van der Waals surface area contributed by atoms with Crippen LogP contribution >= 0.6 is 0 Å². The summed E-state index contributed by atoms with van der Waals surface area (Å²) in [5.41, 5.74) is 1.27. The average molecular weight is 374 g/mol. The Morgan fingerprint density at radius 2 is 1.63 bits per heavy atom. The third-order valence-corrected chi connectivity index (χ3v) is 5.14. The highest BCUT2D eigenvalue weighted by atomic mass is 16.5. The minimum atomic E-state index is -0.478. The predicted molar refractivity (Wildman–Crippen MR) is 103 cm³/mol. The van der Waals surface area contributed by atoms with Crippen LogP contribution in [0.15, 0.2) is 30.3 Å². The first-order chi connectivity index (χ1) is 13.2. The number of amides is 2. The molecule has 2 fully saturated rings. The molecule has 0 aromatic heterocycles. The zero-order valence-electron chi connectivity index (χ0n) is 15.9. The number of hydrogen-bond acceptors (Lipinski definition) is 5. The second-order valence-corrected chi connectivity index (χ2v) is 7.12. The van der Waals surface area contributed by atoms with Gasteiger partial charge < -0.3 is 15.0 Å². The Balaban J connectivity index is 1.31. The second kappa shape index (κ2) is 10.4. The van der Waals surface area contributed by atoms with Crippen molar-refractivity contribution in [2.45, 2.75) is 13.0 Å². The predicted octanol–water partition coefficient (Wildman–Crippen LogP) is 0.169. The molecule has 2 aliphatic rings. The molecule has 2 heterocycles. The minimum absolute atomic E-state index is 0.402. The summed E-state index contributed by atoms with van der Waals surface area (Å²) in [5.74, 6) is -0.880. The zero-order valence-corrected chi connectivity index (χ0v) is 15.9. The van der Waals surface area contributed by atoms with Crippen molar-refractivity contribution in [2.75, 3.05) is 65.6 Å². The van der Waals surface area contributed by atoms with Gasteiger partial charge in [0.25, 0.3) is 0 Å². The molecule has 0 radical (unpaired) electrons. The van der Waals surface area contributed by atoms with E-state index < -0.39 is 11.8 Å².